The first-order valence-electron chi connectivity index (χ1n) is 11.4. The third-order valence-corrected chi connectivity index (χ3v) is 8.59. The summed E-state index contributed by atoms with van der Waals surface area (Å²) in [7, 11) is -8.01. The second kappa shape index (κ2) is 11.0. The molecule has 0 aliphatic rings. The maximum Gasteiger partial charge on any atom is 0.264 e. The van der Waals surface area contributed by atoms with E-state index in [2.05, 4.69) is 20.0 Å². The number of carbonyl (C=O) groups excluding carboxylic acids is 1. The Bertz CT molecular complexity index is 1660. The number of anilines is 3. The highest BCUT2D eigenvalue weighted by atomic mass is 32.2. The second-order valence-electron chi connectivity index (χ2n) is 8.31. The molecule has 0 fully saturated rings. The predicted octanol–water partition coefficient (Wildman–Crippen LogP) is 3.73. The van der Waals surface area contributed by atoms with Crippen molar-refractivity contribution in [3.8, 4) is 0 Å². The molecule has 0 saturated heterocycles. The quantitative estimate of drug-likeness (QED) is 0.323. The summed E-state index contributed by atoms with van der Waals surface area (Å²) < 4.78 is 55.6. The Kier molecular flexibility index (Phi) is 7.74. The number of nitrogens with zero attached hydrogens (tertiary/aromatic N) is 3. The molecule has 0 bridgehead atoms. The van der Waals surface area contributed by atoms with Gasteiger partial charge in [0, 0.05) is 17.6 Å². The minimum atomic E-state index is -4.05. The van der Waals surface area contributed by atoms with Gasteiger partial charge in [0.1, 0.15) is 6.54 Å². The lowest BCUT2D eigenvalue weighted by atomic mass is 10.2. The number of rotatable bonds is 9. The zero-order valence-electron chi connectivity index (χ0n) is 20.6. The van der Waals surface area contributed by atoms with E-state index >= 15 is 0 Å². The first kappa shape index (κ1) is 26.8. The lowest BCUT2D eigenvalue weighted by Gasteiger charge is -2.25. The molecule has 1 heterocycles. The van der Waals surface area contributed by atoms with E-state index < -0.39 is 32.5 Å². The van der Waals surface area contributed by atoms with Crippen LogP contribution in [-0.2, 0) is 24.8 Å². The van der Waals surface area contributed by atoms with Crippen molar-refractivity contribution in [3.63, 3.8) is 0 Å². The van der Waals surface area contributed by atoms with Gasteiger partial charge in [-0.15, -0.1) is 0 Å². The van der Waals surface area contributed by atoms with E-state index in [4.69, 9.17) is 0 Å². The molecule has 0 aliphatic heterocycles. The van der Waals surface area contributed by atoms with E-state index in [9.17, 15) is 21.6 Å². The molecule has 1 aromatic heterocycles. The van der Waals surface area contributed by atoms with Crippen LogP contribution in [0.3, 0.4) is 0 Å². The summed E-state index contributed by atoms with van der Waals surface area (Å²) >= 11 is 0. The zero-order valence-corrected chi connectivity index (χ0v) is 22.2. The lowest BCUT2D eigenvalue weighted by molar-refractivity contribution is -0.114. The number of hydrogen-bond acceptors (Lipinski definition) is 7. The summed E-state index contributed by atoms with van der Waals surface area (Å²) in [5, 5.41) is 2.64. The summed E-state index contributed by atoms with van der Waals surface area (Å²) in [5.41, 5.74) is 1.95. The van der Waals surface area contributed by atoms with Crippen LogP contribution in [0.15, 0.2) is 101 Å². The number of carbonyl (C=O) groups is 1. The van der Waals surface area contributed by atoms with Gasteiger partial charge >= 0.3 is 0 Å². The topological polar surface area (TPSA) is 138 Å². The highest BCUT2D eigenvalue weighted by molar-refractivity contribution is 7.93. The van der Waals surface area contributed by atoms with Crippen LogP contribution >= 0.6 is 0 Å². The Morgan fingerprint density at radius 2 is 1.47 bits per heavy atom. The molecular formula is C26H25N5O5S2. The van der Waals surface area contributed by atoms with E-state index in [1.54, 1.807) is 62.4 Å². The molecule has 0 unspecified atom stereocenters. The molecule has 3 aromatic carbocycles. The van der Waals surface area contributed by atoms with Crippen LogP contribution in [0.4, 0.5) is 17.3 Å². The normalized spacial score (nSPS) is 11.5. The van der Waals surface area contributed by atoms with Gasteiger partial charge < -0.3 is 5.32 Å². The smallest absolute Gasteiger partial charge is 0.264 e. The van der Waals surface area contributed by atoms with Crippen molar-refractivity contribution in [2.45, 2.75) is 23.6 Å². The van der Waals surface area contributed by atoms with Gasteiger partial charge in [-0.3, -0.25) is 9.10 Å². The van der Waals surface area contributed by atoms with Gasteiger partial charge in [-0.25, -0.2) is 31.5 Å². The van der Waals surface area contributed by atoms with Gasteiger partial charge in [-0.1, -0.05) is 36.4 Å². The second-order valence-corrected chi connectivity index (χ2v) is 11.9. The minimum Gasteiger partial charge on any atom is -0.325 e. The molecule has 0 atom stereocenters. The van der Waals surface area contributed by atoms with Gasteiger partial charge in [0.25, 0.3) is 20.0 Å². The SMILES string of the molecule is Cc1ccnc(NS(=O)(=O)c2ccc(NC(=O)CN(c3ccccc3C)S(=O)(=O)c3ccccc3)cc2)n1. The molecule has 1 amide bonds. The largest absolute Gasteiger partial charge is 0.325 e. The number of para-hydroxylation sites is 1. The molecule has 10 nitrogen and oxygen atoms in total. The van der Waals surface area contributed by atoms with Crippen molar-refractivity contribution < 1.29 is 21.6 Å². The number of aryl methyl sites for hydroxylation is 2. The van der Waals surface area contributed by atoms with Crippen LogP contribution in [0.25, 0.3) is 0 Å². The summed E-state index contributed by atoms with van der Waals surface area (Å²) in [6.07, 6.45) is 1.44. The average Bonchev–Trinajstić information content (AvgIpc) is 2.88. The summed E-state index contributed by atoms with van der Waals surface area (Å²) in [5.74, 6) is -0.659. The molecule has 0 saturated carbocycles. The van der Waals surface area contributed by atoms with Crippen LogP contribution in [0.5, 0.6) is 0 Å². The first-order chi connectivity index (χ1) is 18.1. The van der Waals surface area contributed by atoms with E-state index in [1.165, 1.54) is 42.6 Å². The van der Waals surface area contributed by atoms with E-state index in [-0.39, 0.29) is 15.7 Å². The van der Waals surface area contributed by atoms with Gasteiger partial charge in [0.2, 0.25) is 11.9 Å². The summed E-state index contributed by atoms with van der Waals surface area (Å²) in [4.78, 5) is 20.9. The molecule has 196 valence electrons. The van der Waals surface area contributed by atoms with E-state index in [0.717, 1.165) is 4.31 Å². The Hall–Kier alpha value is -4.29. The van der Waals surface area contributed by atoms with Crippen molar-refractivity contribution >= 4 is 43.3 Å². The highest BCUT2D eigenvalue weighted by Crippen LogP contribution is 2.27. The number of amides is 1. The molecule has 0 aliphatic carbocycles. The Balaban J connectivity index is 1.53. The number of aromatic nitrogens is 2. The lowest BCUT2D eigenvalue weighted by Crippen LogP contribution is -2.38. The van der Waals surface area contributed by atoms with Crippen LogP contribution in [0.1, 0.15) is 11.3 Å². The van der Waals surface area contributed by atoms with Crippen molar-refractivity contribution in [2.75, 3.05) is 20.9 Å². The third-order valence-electron chi connectivity index (χ3n) is 5.47. The Morgan fingerprint density at radius 3 is 2.13 bits per heavy atom. The number of hydrogen-bond donors (Lipinski definition) is 2. The number of benzene rings is 3. The van der Waals surface area contributed by atoms with Crippen molar-refractivity contribution in [2.24, 2.45) is 0 Å². The predicted molar refractivity (Wildman–Crippen MR) is 145 cm³/mol. The molecule has 0 radical (unpaired) electrons. The van der Waals surface area contributed by atoms with Crippen LogP contribution in [-0.4, -0.2) is 39.3 Å². The van der Waals surface area contributed by atoms with Gasteiger partial charge in [-0.2, -0.15) is 0 Å². The molecule has 2 N–H and O–H groups in total. The van der Waals surface area contributed by atoms with E-state index in [0.29, 0.717) is 22.6 Å². The molecule has 38 heavy (non-hydrogen) atoms. The fourth-order valence-corrected chi connectivity index (χ4v) is 6.05. The van der Waals surface area contributed by atoms with Gasteiger partial charge in [-0.05, 0) is 67.9 Å². The fourth-order valence-electron chi connectivity index (χ4n) is 3.59. The van der Waals surface area contributed by atoms with Crippen LogP contribution < -0.4 is 14.3 Å². The first-order valence-corrected chi connectivity index (χ1v) is 14.3. The minimum absolute atomic E-state index is 0.0516. The molecular weight excluding hydrogens is 526 g/mol. The van der Waals surface area contributed by atoms with Crippen molar-refractivity contribution in [1.82, 2.24) is 9.97 Å². The van der Waals surface area contributed by atoms with Crippen LogP contribution in [0.2, 0.25) is 0 Å². The maximum absolute atomic E-state index is 13.5. The highest BCUT2D eigenvalue weighted by Gasteiger charge is 2.28. The zero-order chi connectivity index (χ0) is 27.3. The summed E-state index contributed by atoms with van der Waals surface area (Å²) in [6.45, 7) is 2.98. The Labute approximate surface area is 221 Å². The molecule has 4 rings (SSSR count). The Morgan fingerprint density at radius 1 is 0.816 bits per heavy atom. The van der Waals surface area contributed by atoms with Crippen LogP contribution in [0, 0.1) is 13.8 Å². The average molecular weight is 552 g/mol. The third kappa shape index (κ3) is 6.15. The van der Waals surface area contributed by atoms with E-state index in [1.807, 2.05) is 0 Å². The molecule has 4 aromatic rings. The number of sulfonamides is 2. The molecule has 12 heteroatoms. The van der Waals surface area contributed by atoms with Crippen molar-refractivity contribution in [1.29, 1.82) is 0 Å². The van der Waals surface area contributed by atoms with Gasteiger partial charge in [0.15, 0.2) is 0 Å². The monoisotopic (exact) mass is 551 g/mol. The standard InChI is InChI=1S/C26H25N5O5S2/c1-19-8-6-7-11-24(19)31(38(35,36)23-9-4-3-5-10-23)18-25(32)29-21-12-14-22(15-13-21)37(33,34)30-26-27-17-16-20(2)28-26/h3-17H,18H2,1-2H3,(H,29,32)(H,27,28,30). The number of nitrogens with one attached hydrogen (secondary N) is 2. The molecule has 0 spiro atoms. The van der Waals surface area contributed by atoms with Crippen molar-refractivity contribution in [3.05, 3.63) is 102 Å². The fraction of sp³-hybridized carbons (Fsp3) is 0.115. The van der Waals surface area contributed by atoms with Gasteiger partial charge in [0.05, 0.1) is 15.5 Å². The summed E-state index contributed by atoms with van der Waals surface area (Å²) in [6, 6.07) is 21.8. The maximum atomic E-state index is 13.5.